The molecule has 1 heterocycles. The van der Waals surface area contributed by atoms with E-state index in [9.17, 15) is 0 Å². The molecule has 1 aliphatic heterocycles. The second-order valence-electron chi connectivity index (χ2n) is 3.80. The molecule has 0 bridgehead atoms. The monoisotopic (exact) mass is 187 g/mol. The van der Waals surface area contributed by atoms with Crippen molar-refractivity contribution >= 4 is 11.8 Å². The first-order valence-corrected chi connectivity index (χ1v) is 6.24. The Kier molecular flexibility index (Phi) is 4.44. The highest BCUT2D eigenvalue weighted by Gasteiger charge is 2.22. The Balaban J connectivity index is 2.36. The minimum absolute atomic E-state index is 0.797. The van der Waals surface area contributed by atoms with Crippen LogP contribution in [0.5, 0.6) is 0 Å². The maximum absolute atomic E-state index is 2.67. The van der Waals surface area contributed by atoms with Gasteiger partial charge in [-0.3, -0.25) is 4.90 Å². The molecule has 0 aliphatic carbocycles. The number of thioether (sulfide) groups is 1. The van der Waals surface area contributed by atoms with Gasteiger partial charge in [0, 0.05) is 30.1 Å². The van der Waals surface area contributed by atoms with Gasteiger partial charge in [-0.25, -0.2) is 0 Å². The van der Waals surface area contributed by atoms with Gasteiger partial charge >= 0.3 is 0 Å². The van der Waals surface area contributed by atoms with Crippen LogP contribution in [0.15, 0.2) is 0 Å². The van der Waals surface area contributed by atoms with E-state index in [-0.39, 0.29) is 0 Å². The Morgan fingerprint density at radius 1 is 1.58 bits per heavy atom. The van der Waals surface area contributed by atoms with Crippen LogP contribution in [0.4, 0.5) is 0 Å². The molecule has 2 atom stereocenters. The van der Waals surface area contributed by atoms with Crippen LogP contribution in [0, 0.1) is 0 Å². The summed E-state index contributed by atoms with van der Waals surface area (Å²) in [5, 5.41) is 0. The van der Waals surface area contributed by atoms with Crippen molar-refractivity contribution in [1.82, 2.24) is 4.90 Å². The second-order valence-corrected chi connectivity index (χ2v) is 4.95. The molecule has 1 aliphatic rings. The molecule has 1 rings (SSSR count). The molecule has 0 spiro atoms. The molecule has 2 heteroatoms. The Morgan fingerprint density at radius 2 is 2.33 bits per heavy atom. The van der Waals surface area contributed by atoms with Gasteiger partial charge in [0.1, 0.15) is 0 Å². The van der Waals surface area contributed by atoms with Crippen molar-refractivity contribution in [3.63, 3.8) is 0 Å². The quantitative estimate of drug-likeness (QED) is 0.668. The van der Waals surface area contributed by atoms with Crippen molar-refractivity contribution in [2.75, 3.05) is 18.1 Å². The molecule has 2 unspecified atom stereocenters. The summed E-state index contributed by atoms with van der Waals surface area (Å²) in [6.45, 7) is 8.31. The van der Waals surface area contributed by atoms with E-state index in [1.54, 1.807) is 0 Å². The van der Waals surface area contributed by atoms with E-state index in [0.717, 1.165) is 12.1 Å². The lowest BCUT2D eigenvalue weighted by molar-refractivity contribution is 0.164. The first-order chi connectivity index (χ1) is 5.75. The SMILES string of the molecule is CCCC(C)N1CCSCC1C. The van der Waals surface area contributed by atoms with Crippen LogP contribution in [0.1, 0.15) is 33.6 Å². The van der Waals surface area contributed by atoms with Gasteiger partial charge in [0.05, 0.1) is 0 Å². The first kappa shape index (κ1) is 10.4. The second kappa shape index (κ2) is 5.13. The van der Waals surface area contributed by atoms with Crippen LogP contribution in [-0.2, 0) is 0 Å². The molecule has 0 aromatic rings. The summed E-state index contributed by atoms with van der Waals surface area (Å²) in [5.41, 5.74) is 0. The fraction of sp³-hybridized carbons (Fsp3) is 1.00. The Bertz CT molecular complexity index is 127. The summed E-state index contributed by atoms with van der Waals surface area (Å²) in [6, 6.07) is 1.59. The van der Waals surface area contributed by atoms with Gasteiger partial charge in [0.2, 0.25) is 0 Å². The topological polar surface area (TPSA) is 3.24 Å². The highest BCUT2D eigenvalue weighted by Crippen LogP contribution is 2.20. The van der Waals surface area contributed by atoms with Gasteiger partial charge < -0.3 is 0 Å². The molecule has 12 heavy (non-hydrogen) atoms. The van der Waals surface area contributed by atoms with E-state index in [1.165, 1.54) is 30.9 Å². The predicted molar refractivity (Wildman–Crippen MR) is 57.9 cm³/mol. The molecule has 1 nitrogen and oxygen atoms in total. The van der Waals surface area contributed by atoms with Crippen molar-refractivity contribution in [2.45, 2.75) is 45.7 Å². The van der Waals surface area contributed by atoms with Crippen molar-refractivity contribution in [2.24, 2.45) is 0 Å². The third-order valence-corrected chi connectivity index (χ3v) is 3.88. The van der Waals surface area contributed by atoms with Crippen LogP contribution in [0.2, 0.25) is 0 Å². The van der Waals surface area contributed by atoms with Crippen molar-refractivity contribution in [1.29, 1.82) is 0 Å². The summed E-state index contributed by atoms with van der Waals surface area (Å²) in [7, 11) is 0. The molecule has 0 N–H and O–H groups in total. The molecule has 1 fully saturated rings. The lowest BCUT2D eigenvalue weighted by Gasteiger charge is -2.37. The van der Waals surface area contributed by atoms with Gasteiger partial charge in [-0.2, -0.15) is 11.8 Å². The van der Waals surface area contributed by atoms with E-state index >= 15 is 0 Å². The summed E-state index contributed by atoms with van der Waals surface area (Å²) in [4.78, 5) is 2.67. The van der Waals surface area contributed by atoms with Crippen LogP contribution in [0.3, 0.4) is 0 Å². The normalized spacial score (nSPS) is 28.8. The van der Waals surface area contributed by atoms with Crippen molar-refractivity contribution in [3.05, 3.63) is 0 Å². The van der Waals surface area contributed by atoms with Crippen LogP contribution < -0.4 is 0 Å². The molecule has 0 radical (unpaired) electrons. The van der Waals surface area contributed by atoms with E-state index in [0.29, 0.717) is 0 Å². The molecular formula is C10H21NS. The predicted octanol–water partition coefficient (Wildman–Crippen LogP) is 2.61. The number of nitrogens with zero attached hydrogens (tertiary/aromatic N) is 1. The summed E-state index contributed by atoms with van der Waals surface area (Å²) < 4.78 is 0. The lowest BCUT2D eigenvalue weighted by Crippen LogP contribution is -2.45. The molecule has 0 amide bonds. The van der Waals surface area contributed by atoms with Gasteiger partial charge in [0.15, 0.2) is 0 Å². The fourth-order valence-electron chi connectivity index (χ4n) is 1.98. The highest BCUT2D eigenvalue weighted by atomic mass is 32.2. The maximum Gasteiger partial charge on any atom is 0.0161 e. The van der Waals surface area contributed by atoms with E-state index < -0.39 is 0 Å². The minimum atomic E-state index is 0.797. The highest BCUT2D eigenvalue weighted by molar-refractivity contribution is 7.99. The average molecular weight is 187 g/mol. The summed E-state index contributed by atoms with van der Waals surface area (Å²) in [6.07, 6.45) is 2.67. The minimum Gasteiger partial charge on any atom is -0.296 e. The van der Waals surface area contributed by atoms with E-state index in [1.807, 2.05) is 0 Å². The smallest absolute Gasteiger partial charge is 0.0161 e. The first-order valence-electron chi connectivity index (χ1n) is 5.09. The van der Waals surface area contributed by atoms with Gasteiger partial charge in [-0.15, -0.1) is 0 Å². The third-order valence-electron chi connectivity index (χ3n) is 2.69. The van der Waals surface area contributed by atoms with E-state index in [2.05, 4.69) is 37.4 Å². The summed E-state index contributed by atoms with van der Waals surface area (Å²) >= 11 is 2.10. The zero-order chi connectivity index (χ0) is 8.97. The van der Waals surface area contributed by atoms with E-state index in [4.69, 9.17) is 0 Å². The number of hydrogen-bond donors (Lipinski definition) is 0. The Labute approximate surface area is 80.9 Å². The molecular weight excluding hydrogens is 166 g/mol. The van der Waals surface area contributed by atoms with Crippen LogP contribution in [-0.4, -0.2) is 35.0 Å². The number of rotatable bonds is 3. The fourth-order valence-corrected chi connectivity index (χ4v) is 3.02. The standard InChI is InChI=1S/C10H21NS/c1-4-5-9(2)11-6-7-12-8-10(11)3/h9-10H,4-8H2,1-3H3. The Morgan fingerprint density at radius 3 is 2.92 bits per heavy atom. The molecule has 1 saturated heterocycles. The number of hydrogen-bond acceptors (Lipinski definition) is 2. The maximum atomic E-state index is 2.67. The van der Waals surface area contributed by atoms with Gasteiger partial charge in [0.25, 0.3) is 0 Å². The molecule has 0 aromatic heterocycles. The van der Waals surface area contributed by atoms with Crippen molar-refractivity contribution in [3.8, 4) is 0 Å². The molecule has 0 aromatic carbocycles. The van der Waals surface area contributed by atoms with Gasteiger partial charge in [-0.1, -0.05) is 13.3 Å². The van der Waals surface area contributed by atoms with Gasteiger partial charge in [-0.05, 0) is 20.3 Å². The van der Waals surface area contributed by atoms with Crippen molar-refractivity contribution < 1.29 is 0 Å². The summed E-state index contributed by atoms with van der Waals surface area (Å²) in [5.74, 6) is 2.66. The van der Waals surface area contributed by atoms with Crippen LogP contribution in [0.25, 0.3) is 0 Å². The zero-order valence-corrected chi connectivity index (χ0v) is 9.36. The third kappa shape index (κ3) is 2.67. The largest absolute Gasteiger partial charge is 0.296 e. The zero-order valence-electron chi connectivity index (χ0n) is 8.55. The lowest BCUT2D eigenvalue weighted by atomic mass is 10.1. The molecule has 0 saturated carbocycles. The Hall–Kier alpha value is 0.310. The molecule has 72 valence electrons. The van der Waals surface area contributed by atoms with Crippen LogP contribution >= 0.6 is 11.8 Å². The average Bonchev–Trinajstić information content (AvgIpc) is 2.05.